The van der Waals surface area contributed by atoms with Gasteiger partial charge in [0, 0.05) is 48.1 Å². The SMILES string of the molecule is Cn1nc(C#N)c2c1Cc1cccnc1-c1ccc(F)cc1COc1cc-2cnc1N. The first kappa shape index (κ1) is 18.8. The summed E-state index contributed by atoms with van der Waals surface area (Å²) in [5.41, 5.74) is 11.6. The summed E-state index contributed by atoms with van der Waals surface area (Å²) in [7, 11) is 1.80. The minimum atomic E-state index is -0.362. The zero-order valence-corrected chi connectivity index (χ0v) is 16.6. The molecule has 1 aliphatic heterocycles. The number of aromatic nitrogens is 4. The molecule has 0 spiro atoms. The van der Waals surface area contributed by atoms with Gasteiger partial charge in [0.05, 0.1) is 11.4 Å². The zero-order chi connectivity index (χ0) is 21.5. The van der Waals surface area contributed by atoms with Crippen LogP contribution in [0.3, 0.4) is 0 Å². The van der Waals surface area contributed by atoms with Crippen LogP contribution < -0.4 is 10.5 Å². The molecular weight excluding hydrogens is 395 g/mol. The van der Waals surface area contributed by atoms with E-state index in [0.717, 1.165) is 22.5 Å². The maximum atomic E-state index is 14.1. The quantitative estimate of drug-likeness (QED) is 0.473. The van der Waals surface area contributed by atoms with Gasteiger partial charge in [0.1, 0.15) is 18.5 Å². The van der Waals surface area contributed by atoms with Gasteiger partial charge in [-0.3, -0.25) is 9.67 Å². The van der Waals surface area contributed by atoms with Crippen LogP contribution in [0.5, 0.6) is 5.75 Å². The van der Waals surface area contributed by atoms with E-state index in [1.54, 1.807) is 36.3 Å². The van der Waals surface area contributed by atoms with E-state index < -0.39 is 0 Å². The largest absolute Gasteiger partial charge is 0.485 e. The summed E-state index contributed by atoms with van der Waals surface area (Å²) < 4.78 is 21.7. The number of benzene rings is 1. The molecule has 0 radical (unpaired) electrons. The Morgan fingerprint density at radius 3 is 2.90 bits per heavy atom. The predicted molar refractivity (Wildman–Crippen MR) is 112 cm³/mol. The highest BCUT2D eigenvalue weighted by atomic mass is 19.1. The fraction of sp³-hybridized carbons (Fsp3) is 0.130. The van der Waals surface area contributed by atoms with Crippen LogP contribution >= 0.6 is 0 Å². The average Bonchev–Trinajstić information content (AvgIpc) is 3.08. The zero-order valence-electron chi connectivity index (χ0n) is 16.6. The normalized spacial score (nSPS) is 12.3. The van der Waals surface area contributed by atoms with Gasteiger partial charge in [0.25, 0.3) is 0 Å². The molecule has 5 rings (SSSR count). The van der Waals surface area contributed by atoms with Crippen molar-refractivity contribution in [2.24, 2.45) is 7.05 Å². The standard InChI is InChI=1S/C23H17FN6O/c1-30-19-8-13-3-2-6-27-22(13)17-5-4-16(24)7-15(17)12-31-20-9-14(11-28-23(20)26)21(19)18(10-25)29-30/h2-7,9,11H,8,12H2,1H3,(H2,26,28). The number of nitrogens with zero attached hydrogens (tertiary/aromatic N) is 5. The Labute approximate surface area is 177 Å². The summed E-state index contributed by atoms with van der Waals surface area (Å²) in [4.78, 5) is 8.83. The van der Waals surface area contributed by atoms with Crippen LogP contribution in [0.2, 0.25) is 0 Å². The highest BCUT2D eigenvalue weighted by Gasteiger charge is 2.23. The summed E-state index contributed by atoms with van der Waals surface area (Å²) in [6.07, 6.45) is 3.78. The highest BCUT2D eigenvalue weighted by Crippen LogP contribution is 2.36. The first-order valence-corrected chi connectivity index (χ1v) is 9.62. The van der Waals surface area contributed by atoms with Gasteiger partial charge < -0.3 is 10.5 Å². The summed E-state index contributed by atoms with van der Waals surface area (Å²) in [6, 6.07) is 12.3. The number of hydrogen-bond acceptors (Lipinski definition) is 6. The van der Waals surface area contributed by atoms with E-state index in [0.29, 0.717) is 34.6 Å². The Hall–Kier alpha value is -4.25. The molecule has 0 fully saturated rings. The van der Waals surface area contributed by atoms with Gasteiger partial charge >= 0.3 is 0 Å². The van der Waals surface area contributed by atoms with Crippen LogP contribution in [-0.2, 0) is 20.1 Å². The second-order valence-electron chi connectivity index (χ2n) is 7.29. The number of halogens is 1. The molecule has 0 unspecified atom stereocenters. The third-order valence-corrected chi connectivity index (χ3v) is 5.40. The van der Waals surface area contributed by atoms with E-state index in [9.17, 15) is 9.65 Å². The van der Waals surface area contributed by atoms with Crippen molar-refractivity contribution in [3.8, 4) is 34.2 Å². The topological polar surface area (TPSA) is 103 Å². The van der Waals surface area contributed by atoms with Gasteiger partial charge in [-0.2, -0.15) is 10.4 Å². The van der Waals surface area contributed by atoms with Gasteiger partial charge in [0.15, 0.2) is 17.3 Å². The minimum absolute atomic E-state index is 0.0868. The number of nitrogens with two attached hydrogens (primary N) is 1. The van der Waals surface area contributed by atoms with Crippen LogP contribution in [-0.4, -0.2) is 19.7 Å². The molecule has 2 N–H and O–H groups in total. The average molecular weight is 412 g/mol. The van der Waals surface area contributed by atoms with E-state index in [2.05, 4.69) is 21.1 Å². The molecule has 1 aliphatic rings. The molecule has 4 heterocycles. The second-order valence-corrected chi connectivity index (χ2v) is 7.29. The van der Waals surface area contributed by atoms with Crippen LogP contribution in [0.15, 0.2) is 48.8 Å². The Morgan fingerprint density at radius 2 is 2.06 bits per heavy atom. The number of fused-ring (bicyclic) bond motifs is 7. The molecule has 8 heteroatoms. The first-order chi connectivity index (χ1) is 15.0. The Kier molecular flexibility index (Phi) is 4.37. The van der Waals surface area contributed by atoms with Crippen LogP contribution in [0.4, 0.5) is 10.2 Å². The summed E-state index contributed by atoms with van der Waals surface area (Å²) in [5, 5.41) is 14.1. The lowest BCUT2D eigenvalue weighted by molar-refractivity contribution is 0.307. The number of rotatable bonds is 0. The molecule has 3 aromatic heterocycles. The minimum Gasteiger partial charge on any atom is -0.485 e. The van der Waals surface area contributed by atoms with Crippen LogP contribution in [0.1, 0.15) is 22.5 Å². The maximum absolute atomic E-state index is 14.1. The van der Waals surface area contributed by atoms with Crippen molar-refractivity contribution in [1.82, 2.24) is 19.7 Å². The van der Waals surface area contributed by atoms with Crippen LogP contribution in [0, 0.1) is 17.1 Å². The number of pyridine rings is 2. The lowest BCUT2D eigenvalue weighted by Crippen LogP contribution is -2.07. The van der Waals surface area contributed by atoms with Crippen molar-refractivity contribution in [2.45, 2.75) is 13.0 Å². The molecule has 4 aromatic rings. The van der Waals surface area contributed by atoms with Crippen molar-refractivity contribution >= 4 is 5.82 Å². The second kappa shape index (κ2) is 7.22. The van der Waals surface area contributed by atoms with Crippen molar-refractivity contribution < 1.29 is 9.13 Å². The Bertz CT molecular complexity index is 1370. The number of ether oxygens (including phenoxy) is 1. The number of hydrogen-bond donors (Lipinski definition) is 1. The maximum Gasteiger partial charge on any atom is 0.170 e. The third-order valence-electron chi connectivity index (χ3n) is 5.40. The first-order valence-electron chi connectivity index (χ1n) is 9.62. The lowest BCUT2D eigenvalue weighted by atomic mass is 9.95. The summed E-state index contributed by atoms with van der Waals surface area (Å²) in [5.74, 6) is 0.203. The Balaban J connectivity index is 1.82. The van der Waals surface area contributed by atoms with E-state index in [-0.39, 0.29) is 18.2 Å². The van der Waals surface area contributed by atoms with Crippen molar-refractivity contribution in [2.75, 3.05) is 5.73 Å². The van der Waals surface area contributed by atoms with Gasteiger partial charge in [-0.05, 0) is 35.9 Å². The number of aryl methyl sites for hydroxylation is 1. The fourth-order valence-corrected chi connectivity index (χ4v) is 3.92. The molecule has 1 aromatic carbocycles. The van der Waals surface area contributed by atoms with Crippen molar-refractivity contribution in [1.29, 1.82) is 5.26 Å². The van der Waals surface area contributed by atoms with Crippen LogP contribution in [0.25, 0.3) is 22.4 Å². The summed E-state index contributed by atoms with van der Waals surface area (Å²) >= 11 is 0. The molecule has 2 bridgehead atoms. The van der Waals surface area contributed by atoms with E-state index >= 15 is 0 Å². The number of nitriles is 1. The monoisotopic (exact) mass is 412 g/mol. The van der Waals surface area contributed by atoms with Gasteiger partial charge in [0.2, 0.25) is 0 Å². The molecule has 7 nitrogen and oxygen atoms in total. The van der Waals surface area contributed by atoms with Gasteiger partial charge in [-0.15, -0.1) is 0 Å². The molecule has 0 atom stereocenters. The lowest BCUT2D eigenvalue weighted by Gasteiger charge is -2.17. The number of nitrogen functional groups attached to an aromatic ring is 1. The Morgan fingerprint density at radius 1 is 1.19 bits per heavy atom. The van der Waals surface area contributed by atoms with Crippen molar-refractivity contribution in [3.63, 3.8) is 0 Å². The fourth-order valence-electron chi connectivity index (χ4n) is 3.92. The van der Waals surface area contributed by atoms with Gasteiger partial charge in [-0.1, -0.05) is 6.07 Å². The smallest absolute Gasteiger partial charge is 0.170 e. The molecule has 31 heavy (non-hydrogen) atoms. The molecule has 0 saturated heterocycles. The molecule has 0 aliphatic carbocycles. The molecule has 0 saturated carbocycles. The van der Waals surface area contributed by atoms with Crippen molar-refractivity contribution in [3.05, 3.63) is 77.1 Å². The molecule has 152 valence electrons. The predicted octanol–water partition coefficient (Wildman–Crippen LogP) is 3.62. The number of anilines is 1. The van der Waals surface area contributed by atoms with E-state index in [1.165, 1.54) is 12.1 Å². The summed E-state index contributed by atoms with van der Waals surface area (Å²) in [6.45, 7) is 0.0868. The van der Waals surface area contributed by atoms with E-state index in [1.807, 2.05) is 12.1 Å². The third kappa shape index (κ3) is 3.16. The molecular formula is C23H17FN6O. The highest BCUT2D eigenvalue weighted by molar-refractivity contribution is 5.75. The molecule has 0 amide bonds. The van der Waals surface area contributed by atoms with Gasteiger partial charge in [-0.25, -0.2) is 9.37 Å². The van der Waals surface area contributed by atoms with E-state index in [4.69, 9.17) is 10.5 Å².